The number of rotatable bonds is 2. The van der Waals surface area contributed by atoms with Gasteiger partial charge in [-0.15, -0.1) is 0 Å². The van der Waals surface area contributed by atoms with Crippen LogP contribution in [-0.2, 0) is 26.5 Å². The predicted molar refractivity (Wildman–Crippen MR) is 59.5 cm³/mol. The van der Waals surface area contributed by atoms with Crippen LogP contribution in [0.1, 0.15) is 27.7 Å². The quantitative estimate of drug-likeness (QED) is 0.718. The van der Waals surface area contributed by atoms with Crippen molar-refractivity contribution in [3.8, 4) is 0 Å². The van der Waals surface area contributed by atoms with Crippen molar-refractivity contribution in [2.45, 2.75) is 39.8 Å². The molecule has 0 saturated heterocycles. The van der Waals surface area contributed by atoms with E-state index in [0.717, 1.165) is 11.8 Å². The Labute approximate surface area is 107 Å². The first-order valence-electron chi connectivity index (χ1n) is 5.42. The van der Waals surface area contributed by atoms with Crippen molar-refractivity contribution >= 4 is 11.8 Å². The number of ether oxygens (including phenoxy) is 2. The molecule has 5 heteroatoms. The third-order valence-corrected chi connectivity index (χ3v) is 2.67. The molecule has 0 aromatic rings. The summed E-state index contributed by atoms with van der Waals surface area (Å²) in [5, 5.41) is 0. The summed E-state index contributed by atoms with van der Waals surface area (Å²) >= 11 is 0. The summed E-state index contributed by atoms with van der Waals surface area (Å²) in [6.45, 7) is 9.51. The minimum atomic E-state index is -0.324. The topological polar surface area (TPSA) is 43.2 Å². The van der Waals surface area contributed by atoms with Crippen molar-refractivity contribution in [3.63, 3.8) is 0 Å². The molecule has 0 N–H and O–H groups in total. The molecule has 0 unspecified atom stereocenters. The Morgan fingerprint density at radius 1 is 1.00 bits per heavy atom. The second-order valence-electron chi connectivity index (χ2n) is 4.81. The van der Waals surface area contributed by atoms with Gasteiger partial charge in [0.2, 0.25) is 0 Å². The molecule has 0 bridgehead atoms. The zero-order valence-electron chi connectivity index (χ0n) is 10.1. The smallest absolute Gasteiger partial charge is 0.199 e. The third kappa shape index (κ3) is 2.41. The molecule has 4 nitrogen and oxygen atoms in total. The first-order chi connectivity index (χ1) is 7.00. The van der Waals surface area contributed by atoms with Gasteiger partial charge in [0, 0.05) is 17.1 Å². The van der Waals surface area contributed by atoms with Crippen LogP contribution in [0.15, 0.2) is 9.98 Å². The van der Waals surface area contributed by atoms with E-state index in [4.69, 9.17) is 9.47 Å². The van der Waals surface area contributed by atoms with Crippen LogP contribution in [0, 0.1) is 5.41 Å². The maximum Gasteiger partial charge on any atom is 0.199 e. The summed E-state index contributed by atoms with van der Waals surface area (Å²) in [6, 6.07) is 0.498. The van der Waals surface area contributed by atoms with E-state index in [-0.39, 0.29) is 34.6 Å². The largest absolute Gasteiger partial charge is 0.478 e. The van der Waals surface area contributed by atoms with Crippen molar-refractivity contribution in [2.24, 2.45) is 15.4 Å². The van der Waals surface area contributed by atoms with E-state index in [9.17, 15) is 0 Å². The molecule has 2 rings (SSSR count). The van der Waals surface area contributed by atoms with Gasteiger partial charge in [0.1, 0.15) is 18.6 Å². The van der Waals surface area contributed by atoms with Gasteiger partial charge in [-0.3, -0.25) is 0 Å². The fourth-order valence-corrected chi connectivity index (χ4v) is 1.72. The molecule has 0 aromatic carbocycles. The van der Waals surface area contributed by atoms with Gasteiger partial charge in [-0.05, 0) is 27.7 Å². The summed E-state index contributed by atoms with van der Waals surface area (Å²) in [5.41, 5.74) is -0.324. The molecule has 0 saturated carbocycles. The Kier molecular flexibility index (Phi) is 4.02. The molecule has 95 valence electrons. The van der Waals surface area contributed by atoms with Gasteiger partial charge in [-0.2, -0.15) is 0 Å². The average Bonchev–Trinajstić information content (AvgIpc) is 2.74. The Hall–Kier alpha value is -0.541. The van der Waals surface area contributed by atoms with Gasteiger partial charge < -0.3 is 9.47 Å². The minimum Gasteiger partial charge on any atom is -0.478 e. The van der Waals surface area contributed by atoms with Crippen molar-refractivity contribution < 1.29 is 26.5 Å². The van der Waals surface area contributed by atoms with Crippen LogP contribution in [0.25, 0.3) is 0 Å². The molecule has 1 radical (unpaired) electrons. The van der Waals surface area contributed by atoms with Crippen molar-refractivity contribution in [1.29, 1.82) is 0 Å². The summed E-state index contributed by atoms with van der Waals surface area (Å²) in [6.07, 6.45) is 0. The van der Waals surface area contributed by atoms with E-state index in [2.05, 4.69) is 9.98 Å². The molecule has 0 aliphatic carbocycles. The van der Waals surface area contributed by atoms with E-state index in [1.165, 1.54) is 0 Å². The standard InChI is InChI=1S/C11H18N2O2.Cu/c1-7-5-14-9(12-7)11(3,4)10-13-8(2)6-15-10;/h7-8H,5-6H2,1-4H3;/t7-,8-;/m1./s1. The van der Waals surface area contributed by atoms with Crippen LogP contribution in [-0.4, -0.2) is 37.1 Å². The van der Waals surface area contributed by atoms with Crippen molar-refractivity contribution in [1.82, 2.24) is 0 Å². The Morgan fingerprint density at radius 2 is 1.38 bits per heavy atom. The predicted octanol–water partition coefficient (Wildman–Crippen LogP) is 1.64. The van der Waals surface area contributed by atoms with Gasteiger partial charge in [0.15, 0.2) is 11.8 Å². The fraction of sp³-hybridized carbons (Fsp3) is 0.818. The van der Waals surface area contributed by atoms with Crippen molar-refractivity contribution in [2.75, 3.05) is 13.2 Å². The molecule has 0 fully saturated rings. The van der Waals surface area contributed by atoms with Crippen LogP contribution < -0.4 is 0 Å². The van der Waals surface area contributed by atoms with E-state index in [1.807, 2.05) is 27.7 Å². The van der Waals surface area contributed by atoms with Gasteiger partial charge in [0.05, 0.1) is 12.1 Å². The molecular weight excluding hydrogens is 256 g/mol. The average molecular weight is 274 g/mol. The zero-order valence-corrected chi connectivity index (χ0v) is 11.0. The van der Waals surface area contributed by atoms with Crippen LogP contribution in [0.4, 0.5) is 0 Å². The van der Waals surface area contributed by atoms with Crippen molar-refractivity contribution in [3.05, 3.63) is 0 Å². The number of hydrogen-bond donors (Lipinski definition) is 0. The summed E-state index contributed by atoms with van der Waals surface area (Å²) in [7, 11) is 0. The second-order valence-corrected chi connectivity index (χ2v) is 4.81. The Bertz CT molecular complexity index is 296. The summed E-state index contributed by atoms with van der Waals surface area (Å²) in [5.74, 6) is 1.51. The maximum atomic E-state index is 5.57. The van der Waals surface area contributed by atoms with Crippen LogP contribution in [0.2, 0.25) is 0 Å². The Balaban J connectivity index is 0.00000128. The molecule has 16 heavy (non-hydrogen) atoms. The monoisotopic (exact) mass is 273 g/mol. The number of nitrogens with zero attached hydrogens (tertiary/aromatic N) is 2. The summed E-state index contributed by atoms with van der Waals surface area (Å²) in [4.78, 5) is 8.93. The van der Waals surface area contributed by atoms with E-state index < -0.39 is 0 Å². The van der Waals surface area contributed by atoms with E-state index >= 15 is 0 Å². The van der Waals surface area contributed by atoms with Crippen LogP contribution in [0.5, 0.6) is 0 Å². The molecule has 2 aliphatic rings. The second kappa shape index (κ2) is 4.76. The Morgan fingerprint density at radius 3 is 1.62 bits per heavy atom. The first kappa shape index (κ1) is 13.5. The fourth-order valence-electron chi connectivity index (χ4n) is 1.72. The minimum absolute atomic E-state index is 0. The van der Waals surface area contributed by atoms with E-state index in [1.54, 1.807) is 0 Å². The zero-order chi connectivity index (χ0) is 11.1. The van der Waals surface area contributed by atoms with Gasteiger partial charge in [-0.1, -0.05) is 0 Å². The first-order valence-corrected chi connectivity index (χ1v) is 5.42. The summed E-state index contributed by atoms with van der Waals surface area (Å²) < 4.78 is 11.1. The third-order valence-electron chi connectivity index (χ3n) is 2.67. The van der Waals surface area contributed by atoms with Crippen LogP contribution >= 0.6 is 0 Å². The van der Waals surface area contributed by atoms with Gasteiger partial charge >= 0.3 is 0 Å². The van der Waals surface area contributed by atoms with Gasteiger partial charge in [-0.25, -0.2) is 9.98 Å². The molecule has 0 spiro atoms. The number of hydrogen-bond acceptors (Lipinski definition) is 4. The molecule has 0 aromatic heterocycles. The maximum absolute atomic E-state index is 5.57. The van der Waals surface area contributed by atoms with Crippen LogP contribution in [0.3, 0.4) is 0 Å². The molecule has 2 atom stereocenters. The normalized spacial score (nSPS) is 28.8. The molecule has 2 aliphatic heterocycles. The number of aliphatic imine (C=N–C) groups is 2. The SMILES string of the molecule is C[C@@H]1COC(C(C)(C)C2=N[C@H](C)CO2)=N1.[Cu]. The molecule has 2 heterocycles. The van der Waals surface area contributed by atoms with Gasteiger partial charge in [0.25, 0.3) is 0 Å². The van der Waals surface area contributed by atoms with E-state index in [0.29, 0.717) is 13.2 Å². The molecule has 0 amide bonds. The molecular formula is C11H18CuN2O2.